The number of allylic oxidation sites excluding steroid dienone is 1. The molecule has 0 saturated carbocycles. The van der Waals surface area contributed by atoms with Crippen LogP contribution in [0.15, 0.2) is 12.2 Å². The van der Waals surface area contributed by atoms with Gasteiger partial charge in [-0.25, -0.2) is 9.59 Å². The van der Waals surface area contributed by atoms with Gasteiger partial charge in [-0.3, -0.25) is 4.79 Å². The van der Waals surface area contributed by atoms with Crippen LogP contribution in [-0.4, -0.2) is 58.0 Å². The third-order valence-electron chi connectivity index (χ3n) is 4.45. The number of β-lactam (4-membered cyclic amide) rings is 1. The minimum absolute atomic E-state index is 0.0231. The number of carbonyl (C=O) groups is 3. The fourth-order valence-electron chi connectivity index (χ4n) is 3.25. The van der Waals surface area contributed by atoms with Crippen LogP contribution in [0.5, 0.6) is 0 Å². The zero-order valence-corrected chi connectivity index (χ0v) is 14.3. The number of hydrogen-bond donors (Lipinski definition) is 1. The number of carbonyl (C=O) groups excluding carboxylic acids is 2. The number of hydrogen-bond acceptors (Lipinski definition) is 5. The molecular weight excluding hydrogens is 318 g/mol. The third kappa shape index (κ3) is 3.71. The summed E-state index contributed by atoms with van der Waals surface area (Å²) in [5.74, 6) is -0.771. The van der Waals surface area contributed by atoms with Gasteiger partial charge in [0.15, 0.2) is 0 Å². The highest BCUT2D eigenvalue weighted by molar-refractivity contribution is 8.00. The van der Waals surface area contributed by atoms with Crippen molar-refractivity contribution in [1.82, 2.24) is 4.90 Å². The van der Waals surface area contributed by atoms with Crippen LogP contribution in [0.1, 0.15) is 32.6 Å². The van der Waals surface area contributed by atoms with Crippen molar-refractivity contribution in [2.75, 3.05) is 12.9 Å². The average molecular weight is 341 g/mol. The number of esters is 1. The minimum Gasteiger partial charge on any atom is -0.480 e. The first-order chi connectivity index (χ1) is 11.0. The molecule has 0 radical (unpaired) electrons. The molecule has 0 aliphatic carbocycles. The molecule has 23 heavy (non-hydrogen) atoms. The number of fused-ring (bicyclic) bond motifs is 1. The van der Waals surface area contributed by atoms with Gasteiger partial charge in [0.2, 0.25) is 5.91 Å². The molecule has 128 valence electrons. The highest BCUT2D eigenvalue weighted by Gasteiger charge is 2.59. The fourth-order valence-corrected chi connectivity index (χ4v) is 4.77. The molecule has 1 N–H and O–H groups in total. The number of carboxylic acid groups (broad SMARTS) is 1. The number of unbranched alkanes of at least 4 members (excludes halogenated alkanes) is 1. The van der Waals surface area contributed by atoms with E-state index < -0.39 is 18.0 Å². The molecule has 2 rings (SSSR count). The monoisotopic (exact) mass is 341 g/mol. The van der Waals surface area contributed by atoms with E-state index in [0.29, 0.717) is 12.8 Å². The van der Waals surface area contributed by atoms with Crippen LogP contribution in [0.3, 0.4) is 0 Å². The van der Waals surface area contributed by atoms with Crippen LogP contribution in [0, 0.1) is 5.92 Å². The Hall–Kier alpha value is -1.50. The summed E-state index contributed by atoms with van der Waals surface area (Å²) in [6.07, 6.45) is 6.25. The van der Waals surface area contributed by atoms with Gasteiger partial charge in [-0.15, -0.1) is 0 Å². The number of aliphatic carboxylic acids is 1. The van der Waals surface area contributed by atoms with Crippen molar-refractivity contribution in [3.63, 3.8) is 0 Å². The fraction of sp³-hybridized carbons (Fsp3) is 0.688. The highest BCUT2D eigenvalue weighted by Crippen LogP contribution is 2.45. The lowest BCUT2D eigenvalue weighted by atomic mass is 9.85. The van der Waals surface area contributed by atoms with Crippen LogP contribution in [0.25, 0.3) is 0 Å². The van der Waals surface area contributed by atoms with Crippen molar-refractivity contribution in [1.29, 1.82) is 0 Å². The Kier molecular flexibility index (Phi) is 6.10. The first-order valence-corrected chi connectivity index (χ1v) is 8.97. The van der Waals surface area contributed by atoms with Gasteiger partial charge >= 0.3 is 11.9 Å². The molecule has 2 saturated heterocycles. The molecule has 2 aliphatic rings. The maximum Gasteiger partial charge on any atom is 0.330 e. The Morgan fingerprint density at radius 3 is 2.83 bits per heavy atom. The molecule has 2 heterocycles. The van der Waals surface area contributed by atoms with Crippen molar-refractivity contribution in [2.24, 2.45) is 5.92 Å². The SMILES string of the molecule is CCCCSC1CC2C(C/C=C/C(=O)OC)C(=O)N2C1C(=O)O. The van der Waals surface area contributed by atoms with Crippen molar-refractivity contribution in [2.45, 2.75) is 49.9 Å². The lowest BCUT2D eigenvalue weighted by Crippen LogP contribution is -2.61. The molecule has 0 aromatic heterocycles. The van der Waals surface area contributed by atoms with Crippen molar-refractivity contribution in [3.05, 3.63) is 12.2 Å². The smallest absolute Gasteiger partial charge is 0.330 e. The first-order valence-electron chi connectivity index (χ1n) is 7.92. The highest BCUT2D eigenvalue weighted by atomic mass is 32.2. The largest absolute Gasteiger partial charge is 0.480 e. The zero-order chi connectivity index (χ0) is 17.0. The molecule has 0 spiro atoms. The molecule has 6 nitrogen and oxygen atoms in total. The van der Waals surface area contributed by atoms with Gasteiger partial charge in [-0.1, -0.05) is 19.4 Å². The summed E-state index contributed by atoms with van der Waals surface area (Å²) in [7, 11) is 1.30. The standard InChI is InChI=1S/C16H23NO5S/c1-3-4-8-23-12-9-11-10(6-5-7-13(18)22-2)15(19)17(11)14(12)16(20)21/h5,7,10-12,14H,3-4,6,8-9H2,1-2H3,(H,20,21)/b7-5+. The molecular formula is C16H23NO5S. The Morgan fingerprint density at radius 2 is 2.22 bits per heavy atom. The lowest BCUT2D eigenvalue weighted by molar-refractivity contribution is -0.163. The Labute approximate surface area is 140 Å². The van der Waals surface area contributed by atoms with Crippen molar-refractivity contribution < 1.29 is 24.2 Å². The summed E-state index contributed by atoms with van der Waals surface area (Å²) in [4.78, 5) is 36.4. The Bertz CT molecular complexity index is 507. The second-order valence-corrected chi connectivity index (χ2v) is 7.21. The summed E-state index contributed by atoms with van der Waals surface area (Å²) >= 11 is 1.66. The number of ether oxygens (including phenoxy) is 1. The Morgan fingerprint density at radius 1 is 1.48 bits per heavy atom. The normalized spacial score (nSPS) is 29.5. The van der Waals surface area contributed by atoms with E-state index in [1.807, 2.05) is 0 Å². The van der Waals surface area contributed by atoms with Crippen molar-refractivity contribution >= 4 is 29.6 Å². The maximum absolute atomic E-state index is 12.3. The van der Waals surface area contributed by atoms with Crippen LogP contribution < -0.4 is 0 Å². The number of rotatable bonds is 8. The number of thioether (sulfide) groups is 1. The van der Waals surface area contributed by atoms with Gasteiger partial charge in [0, 0.05) is 17.4 Å². The van der Waals surface area contributed by atoms with Gasteiger partial charge in [-0.05, 0) is 25.0 Å². The molecule has 0 aromatic carbocycles. The molecule has 1 amide bonds. The van der Waals surface area contributed by atoms with E-state index in [1.54, 1.807) is 17.8 Å². The van der Waals surface area contributed by atoms with E-state index in [-0.39, 0.29) is 23.1 Å². The van der Waals surface area contributed by atoms with E-state index in [2.05, 4.69) is 11.7 Å². The van der Waals surface area contributed by atoms with Crippen LogP contribution in [-0.2, 0) is 19.1 Å². The molecule has 2 aliphatic heterocycles. The summed E-state index contributed by atoms with van der Waals surface area (Å²) < 4.78 is 4.52. The first kappa shape index (κ1) is 17.8. The molecule has 0 bridgehead atoms. The van der Waals surface area contributed by atoms with Gasteiger partial charge in [0.25, 0.3) is 0 Å². The number of nitrogens with zero attached hydrogens (tertiary/aromatic N) is 1. The second kappa shape index (κ2) is 7.86. The van der Waals surface area contributed by atoms with E-state index in [9.17, 15) is 19.5 Å². The van der Waals surface area contributed by atoms with Gasteiger partial charge in [0.1, 0.15) is 6.04 Å². The number of amides is 1. The summed E-state index contributed by atoms with van der Waals surface area (Å²) in [5, 5.41) is 9.43. The predicted molar refractivity (Wildman–Crippen MR) is 87.1 cm³/mol. The van der Waals surface area contributed by atoms with Crippen molar-refractivity contribution in [3.8, 4) is 0 Å². The molecule has 4 unspecified atom stereocenters. The number of methoxy groups -OCH3 is 1. The van der Waals surface area contributed by atoms with Crippen LogP contribution in [0.2, 0.25) is 0 Å². The van der Waals surface area contributed by atoms with Gasteiger partial charge in [0.05, 0.1) is 13.0 Å². The summed E-state index contributed by atoms with van der Waals surface area (Å²) in [5.41, 5.74) is 0. The number of carboxylic acids is 1. The maximum atomic E-state index is 12.3. The van der Waals surface area contributed by atoms with E-state index in [1.165, 1.54) is 18.1 Å². The second-order valence-electron chi connectivity index (χ2n) is 5.86. The third-order valence-corrected chi connectivity index (χ3v) is 5.85. The molecule has 0 aromatic rings. The lowest BCUT2D eigenvalue weighted by Gasteiger charge is -2.44. The quantitative estimate of drug-likeness (QED) is 0.313. The predicted octanol–water partition coefficient (Wildman–Crippen LogP) is 1.69. The van der Waals surface area contributed by atoms with Crippen LogP contribution >= 0.6 is 11.8 Å². The molecule has 2 fully saturated rings. The zero-order valence-electron chi connectivity index (χ0n) is 13.4. The summed E-state index contributed by atoms with van der Waals surface area (Å²) in [6.45, 7) is 2.10. The minimum atomic E-state index is -0.918. The van der Waals surface area contributed by atoms with Crippen LogP contribution in [0.4, 0.5) is 0 Å². The van der Waals surface area contributed by atoms with E-state index >= 15 is 0 Å². The average Bonchev–Trinajstić information content (AvgIpc) is 2.87. The van der Waals surface area contributed by atoms with Gasteiger partial charge in [-0.2, -0.15) is 11.8 Å². The molecule has 7 heteroatoms. The van der Waals surface area contributed by atoms with E-state index in [0.717, 1.165) is 18.6 Å². The summed E-state index contributed by atoms with van der Waals surface area (Å²) in [6, 6.07) is -0.736. The topological polar surface area (TPSA) is 83.9 Å². The molecule has 4 atom stereocenters. The van der Waals surface area contributed by atoms with E-state index in [4.69, 9.17) is 0 Å². The van der Waals surface area contributed by atoms with Gasteiger partial charge < -0.3 is 14.7 Å². The Balaban J connectivity index is 1.98.